The summed E-state index contributed by atoms with van der Waals surface area (Å²) in [7, 11) is -3.58. The minimum atomic E-state index is -3.58. The first-order valence-electron chi connectivity index (χ1n) is 8.50. The van der Waals surface area contributed by atoms with Crippen molar-refractivity contribution in [3.8, 4) is 5.75 Å². The van der Waals surface area contributed by atoms with Gasteiger partial charge in [-0.25, -0.2) is 0 Å². The highest BCUT2D eigenvalue weighted by Crippen LogP contribution is 2.30. The molecule has 0 atom stereocenters. The first-order valence-corrected chi connectivity index (χ1v) is 9.97. The Bertz CT molecular complexity index is 661. The number of hydrogen-bond acceptors (Lipinski definition) is 4. The fraction of sp³-hybridized carbons (Fsp3) is 0.611. The number of hydrogen-bond donors (Lipinski definition) is 0. The topological polar surface area (TPSA) is 63.7 Å². The number of carbonyl (C=O) groups is 1. The van der Waals surface area contributed by atoms with Crippen LogP contribution in [0.15, 0.2) is 24.3 Å². The Morgan fingerprint density at radius 1 is 1.17 bits per heavy atom. The van der Waals surface area contributed by atoms with Gasteiger partial charge in [-0.3, -0.25) is 4.79 Å². The van der Waals surface area contributed by atoms with E-state index in [1.165, 1.54) is 12.8 Å². The Morgan fingerprint density at radius 2 is 1.75 bits per heavy atom. The van der Waals surface area contributed by atoms with Crippen molar-refractivity contribution in [2.24, 2.45) is 11.8 Å². The smallest absolute Gasteiger partial charge is 0.311 e. The van der Waals surface area contributed by atoms with Crippen LogP contribution in [0.3, 0.4) is 0 Å². The SMILES string of the molecule is CC(C)C(=O)N(Cc1ccc(OS(=O)(=O)C(C)C)cc1)CC1CC1. The summed E-state index contributed by atoms with van der Waals surface area (Å²) in [5, 5.41) is -0.588. The van der Waals surface area contributed by atoms with Crippen molar-refractivity contribution in [1.29, 1.82) is 0 Å². The molecule has 24 heavy (non-hydrogen) atoms. The van der Waals surface area contributed by atoms with E-state index in [1.54, 1.807) is 26.0 Å². The number of carbonyl (C=O) groups excluding carboxylic acids is 1. The van der Waals surface area contributed by atoms with E-state index in [4.69, 9.17) is 4.18 Å². The van der Waals surface area contributed by atoms with Gasteiger partial charge in [-0.05, 0) is 50.3 Å². The van der Waals surface area contributed by atoms with E-state index >= 15 is 0 Å². The molecule has 1 saturated carbocycles. The lowest BCUT2D eigenvalue weighted by atomic mass is 10.1. The van der Waals surface area contributed by atoms with E-state index in [9.17, 15) is 13.2 Å². The predicted octanol–water partition coefficient (Wildman–Crippen LogP) is 3.20. The maximum absolute atomic E-state index is 12.4. The van der Waals surface area contributed by atoms with Crippen LogP contribution in [0.5, 0.6) is 5.75 Å². The molecule has 0 saturated heterocycles. The molecule has 0 aliphatic heterocycles. The summed E-state index contributed by atoms with van der Waals surface area (Å²) in [4.78, 5) is 14.3. The van der Waals surface area contributed by atoms with Crippen LogP contribution in [0.1, 0.15) is 46.1 Å². The summed E-state index contributed by atoms with van der Waals surface area (Å²) < 4.78 is 28.6. The standard InChI is InChI=1S/C18H27NO4S/c1-13(2)18(20)19(11-15-5-6-15)12-16-7-9-17(10-8-16)23-24(21,22)14(3)4/h7-10,13-15H,5-6,11-12H2,1-4H3. The second kappa shape index (κ2) is 7.55. The maximum atomic E-state index is 12.4. The molecule has 0 radical (unpaired) electrons. The fourth-order valence-corrected chi connectivity index (χ4v) is 2.88. The molecule has 1 amide bonds. The molecule has 0 bridgehead atoms. The summed E-state index contributed by atoms with van der Waals surface area (Å²) in [6.45, 7) is 8.33. The third kappa shape index (κ3) is 5.23. The van der Waals surface area contributed by atoms with Crippen LogP contribution in [0.2, 0.25) is 0 Å². The quantitative estimate of drug-likeness (QED) is 0.673. The minimum absolute atomic E-state index is 0.0254. The summed E-state index contributed by atoms with van der Waals surface area (Å²) >= 11 is 0. The molecule has 0 heterocycles. The van der Waals surface area contributed by atoms with Crippen LogP contribution in [0.4, 0.5) is 0 Å². The van der Waals surface area contributed by atoms with Crippen LogP contribution in [-0.4, -0.2) is 31.0 Å². The monoisotopic (exact) mass is 353 g/mol. The lowest BCUT2D eigenvalue weighted by molar-refractivity contribution is -0.135. The lowest BCUT2D eigenvalue weighted by Gasteiger charge is -2.25. The largest absolute Gasteiger partial charge is 0.382 e. The van der Waals surface area contributed by atoms with Gasteiger partial charge >= 0.3 is 10.1 Å². The Balaban J connectivity index is 2.04. The van der Waals surface area contributed by atoms with Crippen molar-refractivity contribution in [3.05, 3.63) is 29.8 Å². The van der Waals surface area contributed by atoms with Crippen molar-refractivity contribution in [2.75, 3.05) is 6.54 Å². The van der Waals surface area contributed by atoms with E-state index in [2.05, 4.69) is 0 Å². The van der Waals surface area contributed by atoms with E-state index in [0.29, 0.717) is 18.2 Å². The Labute approximate surface area is 145 Å². The van der Waals surface area contributed by atoms with Crippen LogP contribution in [0.25, 0.3) is 0 Å². The van der Waals surface area contributed by atoms with Crippen molar-refractivity contribution >= 4 is 16.0 Å². The van der Waals surface area contributed by atoms with Gasteiger partial charge in [-0.1, -0.05) is 26.0 Å². The average Bonchev–Trinajstić information content (AvgIpc) is 3.31. The molecule has 6 heteroatoms. The normalized spacial score (nSPS) is 14.9. The zero-order chi connectivity index (χ0) is 17.9. The van der Waals surface area contributed by atoms with Gasteiger partial charge < -0.3 is 9.08 Å². The molecule has 0 spiro atoms. The van der Waals surface area contributed by atoms with Gasteiger partial charge in [0, 0.05) is 19.0 Å². The molecule has 1 aliphatic rings. The first kappa shape index (κ1) is 18.8. The molecule has 5 nitrogen and oxygen atoms in total. The number of rotatable bonds is 8. The van der Waals surface area contributed by atoms with Gasteiger partial charge in [0.15, 0.2) is 0 Å². The van der Waals surface area contributed by atoms with Gasteiger partial charge in [0.1, 0.15) is 5.75 Å². The maximum Gasteiger partial charge on any atom is 0.311 e. The summed E-state index contributed by atoms with van der Waals surface area (Å²) in [5.74, 6) is 1.06. The highest BCUT2D eigenvalue weighted by molar-refractivity contribution is 7.87. The molecule has 1 aromatic rings. The van der Waals surface area contributed by atoms with Gasteiger partial charge in [0.25, 0.3) is 0 Å². The van der Waals surface area contributed by atoms with Gasteiger partial charge in [0.2, 0.25) is 5.91 Å². The van der Waals surface area contributed by atoms with Crippen molar-refractivity contribution < 1.29 is 17.4 Å². The minimum Gasteiger partial charge on any atom is -0.382 e. The predicted molar refractivity (Wildman–Crippen MR) is 94.1 cm³/mol. The Morgan fingerprint density at radius 3 is 2.21 bits per heavy atom. The number of amides is 1. The highest BCUT2D eigenvalue weighted by Gasteiger charge is 2.27. The average molecular weight is 353 g/mol. The second-order valence-corrected chi connectivity index (χ2v) is 9.18. The molecule has 134 valence electrons. The molecule has 1 aliphatic carbocycles. The van der Waals surface area contributed by atoms with Crippen LogP contribution < -0.4 is 4.18 Å². The Kier molecular flexibility index (Phi) is 5.91. The summed E-state index contributed by atoms with van der Waals surface area (Å²) in [5.41, 5.74) is 0.971. The van der Waals surface area contributed by atoms with Crippen molar-refractivity contribution in [3.63, 3.8) is 0 Å². The third-order valence-corrected chi connectivity index (χ3v) is 5.65. The van der Waals surface area contributed by atoms with E-state index in [-0.39, 0.29) is 11.8 Å². The van der Waals surface area contributed by atoms with Crippen LogP contribution >= 0.6 is 0 Å². The van der Waals surface area contributed by atoms with Crippen molar-refractivity contribution in [1.82, 2.24) is 4.90 Å². The summed E-state index contributed by atoms with van der Waals surface area (Å²) in [6, 6.07) is 6.92. The van der Waals surface area contributed by atoms with Crippen LogP contribution in [0, 0.1) is 11.8 Å². The number of benzene rings is 1. The molecule has 0 N–H and O–H groups in total. The molecule has 1 fully saturated rings. The van der Waals surface area contributed by atoms with E-state index in [0.717, 1.165) is 12.1 Å². The fourth-order valence-electron chi connectivity index (χ4n) is 2.31. The molecule has 0 aromatic heterocycles. The lowest BCUT2D eigenvalue weighted by Crippen LogP contribution is -2.35. The van der Waals surface area contributed by atoms with E-state index < -0.39 is 15.4 Å². The molecular weight excluding hydrogens is 326 g/mol. The summed E-state index contributed by atoms with van der Waals surface area (Å²) in [6.07, 6.45) is 2.39. The molecular formula is C18H27NO4S. The first-order chi connectivity index (χ1) is 11.2. The number of nitrogens with zero attached hydrogens (tertiary/aromatic N) is 1. The zero-order valence-electron chi connectivity index (χ0n) is 14.9. The molecule has 0 unspecified atom stereocenters. The van der Waals surface area contributed by atoms with E-state index in [1.807, 2.05) is 30.9 Å². The highest BCUT2D eigenvalue weighted by atomic mass is 32.2. The van der Waals surface area contributed by atoms with Gasteiger partial charge in [0.05, 0.1) is 5.25 Å². The second-order valence-electron chi connectivity index (χ2n) is 7.09. The van der Waals surface area contributed by atoms with Gasteiger partial charge in [-0.15, -0.1) is 0 Å². The van der Waals surface area contributed by atoms with Gasteiger partial charge in [-0.2, -0.15) is 8.42 Å². The molecule has 2 rings (SSSR count). The zero-order valence-corrected chi connectivity index (χ0v) is 15.7. The van der Waals surface area contributed by atoms with Crippen LogP contribution in [-0.2, 0) is 21.5 Å². The third-order valence-electron chi connectivity index (χ3n) is 4.07. The Hall–Kier alpha value is -1.56. The molecule has 1 aromatic carbocycles. The van der Waals surface area contributed by atoms with Crippen molar-refractivity contribution in [2.45, 2.75) is 52.3 Å².